The Morgan fingerprint density at radius 1 is 1.00 bits per heavy atom. The molecule has 0 radical (unpaired) electrons. The van der Waals surface area contributed by atoms with Gasteiger partial charge in [0.15, 0.2) is 0 Å². The van der Waals surface area contributed by atoms with Crippen LogP contribution in [-0.4, -0.2) is 21.5 Å². The first-order valence-corrected chi connectivity index (χ1v) is 7.03. The first kappa shape index (κ1) is 10.5. The van der Waals surface area contributed by atoms with Crippen LogP contribution in [0.4, 0.5) is 0 Å². The van der Waals surface area contributed by atoms with Crippen LogP contribution in [0.5, 0.6) is 0 Å². The number of hydrogen-bond acceptors (Lipinski definition) is 1. The minimum absolute atomic E-state index is 0.873. The van der Waals surface area contributed by atoms with Gasteiger partial charge in [-0.1, -0.05) is 0 Å². The summed E-state index contributed by atoms with van der Waals surface area (Å²) in [5.74, 6) is 2.31. The average molecular weight is 208 g/mol. The zero-order valence-electron chi connectivity index (χ0n) is 6.94. The predicted molar refractivity (Wildman–Crippen MR) is 48.6 cm³/mol. The summed E-state index contributed by atoms with van der Waals surface area (Å²) < 4.78 is 0. The van der Waals surface area contributed by atoms with Gasteiger partial charge >= 0.3 is 70.5 Å². The molecule has 10 heavy (non-hydrogen) atoms. The van der Waals surface area contributed by atoms with Crippen LogP contribution >= 0.6 is 0 Å². The van der Waals surface area contributed by atoms with E-state index < -0.39 is 0 Å². The normalized spacial score (nSPS) is 10.2. The Morgan fingerprint density at radius 2 is 1.60 bits per heavy atom. The summed E-state index contributed by atoms with van der Waals surface area (Å²) in [5, 5.41) is 1.47. The van der Waals surface area contributed by atoms with Gasteiger partial charge in [0.25, 0.3) is 0 Å². The molecule has 0 bridgehead atoms. The second kappa shape index (κ2) is 9.48. The van der Waals surface area contributed by atoms with Crippen molar-refractivity contribution in [1.82, 2.24) is 0 Å². The minimum atomic E-state index is 0.873. The third-order valence-electron chi connectivity index (χ3n) is 1.55. The number of unbranched alkanes of at least 4 members (excludes halogenated alkanes) is 4. The molecule has 0 atom stereocenters. The molecule has 0 spiro atoms. The van der Waals surface area contributed by atoms with E-state index in [2.05, 4.69) is 5.82 Å². The van der Waals surface area contributed by atoms with Crippen molar-refractivity contribution in [2.75, 3.05) is 6.54 Å². The summed E-state index contributed by atoms with van der Waals surface area (Å²) in [6, 6.07) is 0. The van der Waals surface area contributed by atoms with Crippen molar-refractivity contribution in [1.29, 1.82) is 0 Å². The third-order valence-corrected chi connectivity index (χ3v) is 3.01. The molecule has 0 rings (SSSR count). The monoisotopic (exact) mass is 209 g/mol. The maximum absolute atomic E-state index is 5.37. The van der Waals surface area contributed by atoms with E-state index in [0.29, 0.717) is 0 Å². The first-order chi connectivity index (χ1) is 4.91. The van der Waals surface area contributed by atoms with E-state index in [1.807, 2.05) is 0 Å². The van der Waals surface area contributed by atoms with Crippen molar-refractivity contribution in [3.8, 4) is 0 Å². The first-order valence-electron chi connectivity index (χ1n) is 4.11. The fourth-order valence-corrected chi connectivity index (χ4v) is 1.95. The van der Waals surface area contributed by atoms with Gasteiger partial charge < -0.3 is 0 Å². The van der Waals surface area contributed by atoms with Crippen LogP contribution < -0.4 is 5.73 Å². The van der Waals surface area contributed by atoms with Gasteiger partial charge in [-0.05, 0) is 0 Å². The Morgan fingerprint density at radius 3 is 2.20 bits per heavy atom. The molecule has 2 N–H and O–H groups in total. The van der Waals surface area contributed by atoms with Gasteiger partial charge in [0.05, 0.1) is 0 Å². The summed E-state index contributed by atoms with van der Waals surface area (Å²) in [5.41, 5.74) is 5.37. The quantitative estimate of drug-likeness (QED) is 0.503. The van der Waals surface area contributed by atoms with Gasteiger partial charge in [-0.25, -0.2) is 0 Å². The molecular formula is C8H19NSe. The third kappa shape index (κ3) is 8.48. The molecule has 0 aliphatic heterocycles. The van der Waals surface area contributed by atoms with E-state index >= 15 is 0 Å². The summed E-state index contributed by atoms with van der Waals surface area (Å²) in [6.45, 7) is 0.873. The van der Waals surface area contributed by atoms with Crippen molar-refractivity contribution in [2.45, 2.75) is 43.2 Å². The van der Waals surface area contributed by atoms with Gasteiger partial charge in [0.1, 0.15) is 0 Å². The van der Waals surface area contributed by atoms with E-state index in [1.165, 1.54) is 37.4 Å². The Labute approximate surface area is 70.9 Å². The van der Waals surface area contributed by atoms with Crippen molar-refractivity contribution >= 4 is 15.0 Å². The number of nitrogens with two attached hydrogens (primary N) is 1. The van der Waals surface area contributed by atoms with Gasteiger partial charge in [0, 0.05) is 0 Å². The molecule has 0 aliphatic rings. The molecule has 0 heterocycles. The summed E-state index contributed by atoms with van der Waals surface area (Å²) in [4.78, 5) is 0. The Kier molecular flexibility index (Phi) is 9.93. The van der Waals surface area contributed by atoms with Crippen LogP contribution in [0.2, 0.25) is 11.1 Å². The molecule has 0 unspecified atom stereocenters. The summed E-state index contributed by atoms with van der Waals surface area (Å²) >= 11 is 0.897. The second-order valence-corrected chi connectivity index (χ2v) is 4.62. The van der Waals surface area contributed by atoms with Gasteiger partial charge in [-0.2, -0.15) is 0 Å². The van der Waals surface area contributed by atoms with E-state index in [0.717, 1.165) is 21.5 Å². The van der Waals surface area contributed by atoms with Crippen LogP contribution in [0.25, 0.3) is 0 Å². The molecule has 0 saturated carbocycles. The second-order valence-electron chi connectivity index (χ2n) is 2.55. The van der Waals surface area contributed by atoms with E-state index in [-0.39, 0.29) is 0 Å². The van der Waals surface area contributed by atoms with E-state index in [1.54, 1.807) is 0 Å². The van der Waals surface area contributed by atoms with Crippen LogP contribution in [-0.2, 0) is 0 Å². The molecular weight excluding hydrogens is 189 g/mol. The fourth-order valence-electron chi connectivity index (χ4n) is 0.921. The summed E-state index contributed by atoms with van der Waals surface area (Å²) in [6.07, 6.45) is 6.83. The van der Waals surface area contributed by atoms with E-state index in [4.69, 9.17) is 5.73 Å². The van der Waals surface area contributed by atoms with Crippen molar-refractivity contribution in [3.63, 3.8) is 0 Å². The van der Waals surface area contributed by atoms with Crippen LogP contribution in [0.15, 0.2) is 0 Å². The van der Waals surface area contributed by atoms with Crippen LogP contribution in [0, 0.1) is 0 Å². The molecule has 0 saturated heterocycles. The van der Waals surface area contributed by atoms with Gasteiger partial charge in [0.2, 0.25) is 0 Å². The van der Waals surface area contributed by atoms with E-state index in [9.17, 15) is 0 Å². The average Bonchev–Trinajstić information content (AvgIpc) is 1.97. The van der Waals surface area contributed by atoms with Gasteiger partial charge in [-0.3, -0.25) is 0 Å². The van der Waals surface area contributed by atoms with Crippen LogP contribution in [0.1, 0.15) is 32.1 Å². The molecule has 0 aromatic carbocycles. The molecule has 0 amide bonds. The number of hydrogen-bond donors (Lipinski definition) is 1. The molecule has 1 nitrogen and oxygen atoms in total. The summed E-state index contributed by atoms with van der Waals surface area (Å²) in [7, 11) is 0. The Bertz CT molecular complexity index is 49.2. The Hall–Kier alpha value is 0.479. The predicted octanol–water partition coefficient (Wildman–Crippen LogP) is 2.07. The molecule has 0 aliphatic carbocycles. The molecule has 0 fully saturated rings. The topological polar surface area (TPSA) is 26.0 Å². The molecule has 2 heteroatoms. The zero-order valence-corrected chi connectivity index (χ0v) is 8.65. The molecule has 62 valence electrons. The standard InChI is InChI=1S/C8H19NSe/c1-10-8-6-4-2-3-5-7-9/h2-9H2,1H3. The molecule has 0 aromatic heterocycles. The zero-order chi connectivity index (χ0) is 7.66. The van der Waals surface area contributed by atoms with Crippen molar-refractivity contribution < 1.29 is 0 Å². The van der Waals surface area contributed by atoms with Crippen molar-refractivity contribution in [3.05, 3.63) is 0 Å². The fraction of sp³-hybridized carbons (Fsp3) is 1.00. The van der Waals surface area contributed by atoms with Gasteiger partial charge in [-0.15, -0.1) is 0 Å². The van der Waals surface area contributed by atoms with Crippen molar-refractivity contribution in [2.24, 2.45) is 5.73 Å². The SMILES string of the molecule is C[Se]CCCCCCCN. The maximum atomic E-state index is 5.37. The van der Waals surface area contributed by atoms with Crippen LogP contribution in [0.3, 0.4) is 0 Å². The molecule has 0 aromatic rings. The number of rotatable bonds is 7. The Balaban J connectivity index is 2.65.